The number of methoxy groups -OCH3 is 2. The Morgan fingerprint density at radius 3 is 2.25 bits per heavy atom. The fourth-order valence-corrected chi connectivity index (χ4v) is 3.87. The number of thiophene rings is 1. The summed E-state index contributed by atoms with van der Waals surface area (Å²) in [5.41, 5.74) is 6.71. The molecule has 0 atom stereocenters. The van der Waals surface area contributed by atoms with E-state index < -0.39 is 5.91 Å². The fraction of sp³-hybridized carbons (Fsp3) is 0.200. The van der Waals surface area contributed by atoms with E-state index in [-0.39, 0.29) is 5.91 Å². The highest BCUT2D eigenvalue weighted by Crippen LogP contribution is 2.31. The van der Waals surface area contributed by atoms with Gasteiger partial charge in [-0.1, -0.05) is 0 Å². The molecule has 2 heterocycles. The molecular formula is C20H21N3O4S. The van der Waals surface area contributed by atoms with Crippen molar-refractivity contribution in [1.29, 1.82) is 0 Å². The van der Waals surface area contributed by atoms with Gasteiger partial charge in [0.15, 0.2) is 11.5 Å². The predicted octanol–water partition coefficient (Wildman–Crippen LogP) is 3.25. The number of nitrogens with zero attached hydrogens (tertiary/aromatic N) is 1. The van der Waals surface area contributed by atoms with Gasteiger partial charge in [0.05, 0.1) is 19.8 Å². The zero-order valence-corrected chi connectivity index (χ0v) is 16.8. The molecule has 0 aliphatic rings. The van der Waals surface area contributed by atoms with Gasteiger partial charge in [0.1, 0.15) is 5.00 Å². The van der Waals surface area contributed by atoms with E-state index in [0.717, 1.165) is 15.4 Å². The van der Waals surface area contributed by atoms with E-state index in [1.54, 1.807) is 18.2 Å². The molecule has 0 fully saturated rings. The molecule has 2 amide bonds. The third-order valence-electron chi connectivity index (χ3n) is 4.37. The van der Waals surface area contributed by atoms with E-state index in [1.165, 1.54) is 25.6 Å². The lowest BCUT2D eigenvalue weighted by atomic mass is 10.1. The van der Waals surface area contributed by atoms with Gasteiger partial charge < -0.3 is 14.0 Å². The Kier molecular flexibility index (Phi) is 5.70. The van der Waals surface area contributed by atoms with Crippen LogP contribution in [0.2, 0.25) is 0 Å². The zero-order chi connectivity index (χ0) is 20.3. The summed E-state index contributed by atoms with van der Waals surface area (Å²) in [6.07, 6.45) is 3.76. The van der Waals surface area contributed by atoms with Crippen molar-refractivity contribution in [3.8, 4) is 16.5 Å². The van der Waals surface area contributed by atoms with Crippen molar-refractivity contribution in [3.05, 3.63) is 64.3 Å². The molecular weight excluding hydrogens is 378 g/mol. The first-order chi connectivity index (χ1) is 13.5. The second-order valence-electron chi connectivity index (χ2n) is 6.03. The van der Waals surface area contributed by atoms with E-state index in [1.807, 2.05) is 42.9 Å². The maximum atomic E-state index is 12.8. The summed E-state index contributed by atoms with van der Waals surface area (Å²) >= 11 is 1.53. The van der Waals surface area contributed by atoms with E-state index in [4.69, 9.17) is 9.47 Å². The summed E-state index contributed by atoms with van der Waals surface area (Å²) in [5.74, 6) is 0.116. The minimum Gasteiger partial charge on any atom is -0.493 e. The molecule has 1 aromatic carbocycles. The number of aryl methyl sites for hydroxylation is 1. The Hall–Kier alpha value is -3.26. The van der Waals surface area contributed by atoms with Crippen LogP contribution in [0.3, 0.4) is 0 Å². The lowest BCUT2D eigenvalue weighted by Gasteiger charge is -2.11. The van der Waals surface area contributed by atoms with Crippen LogP contribution in [0.5, 0.6) is 11.5 Å². The summed E-state index contributed by atoms with van der Waals surface area (Å²) in [6, 6.07) is 8.56. The van der Waals surface area contributed by atoms with Crippen molar-refractivity contribution in [2.45, 2.75) is 13.8 Å². The third-order valence-corrected chi connectivity index (χ3v) is 5.59. The van der Waals surface area contributed by atoms with Gasteiger partial charge in [0, 0.05) is 22.8 Å². The van der Waals surface area contributed by atoms with Gasteiger partial charge in [0.25, 0.3) is 11.8 Å². The van der Waals surface area contributed by atoms with Gasteiger partial charge in [-0.2, -0.15) is 0 Å². The molecule has 0 radical (unpaired) electrons. The van der Waals surface area contributed by atoms with Crippen LogP contribution < -0.4 is 20.3 Å². The van der Waals surface area contributed by atoms with Crippen LogP contribution in [0.25, 0.3) is 5.00 Å². The summed E-state index contributed by atoms with van der Waals surface area (Å²) in [7, 11) is 3.01. The van der Waals surface area contributed by atoms with E-state index in [2.05, 4.69) is 10.9 Å². The van der Waals surface area contributed by atoms with E-state index >= 15 is 0 Å². The second-order valence-corrected chi connectivity index (χ2v) is 7.23. The molecule has 0 bridgehead atoms. The monoisotopic (exact) mass is 399 g/mol. The van der Waals surface area contributed by atoms with Crippen LogP contribution in [0.4, 0.5) is 0 Å². The third kappa shape index (κ3) is 3.72. The van der Waals surface area contributed by atoms with Crippen molar-refractivity contribution in [2.75, 3.05) is 14.2 Å². The lowest BCUT2D eigenvalue weighted by Crippen LogP contribution is -2.42. The highest BCUT2D eigenvalue weighted by Gasteiger charge is 2.21. The maximum absolute atomic E-state index is 12.8. The molecule has 2 N–H and O–H groups in total. The lowest BCUT2D eigenvalue weighted by molar-refractivity contribution is 0.0846. The molecule has 7 nitrogen and oxygen atoms in total. The van der Waals surface area contributed by atoms with E-state index in [9.17, 15) is 9.59 Å². The molecule has 0 unspecified atom stereocenters. The van der Waals surface area contributed by atoms with Crippen molar-refractivity contribution in [3.63, 3.8) is 0 Å². The molecule has 3 aromatic rings. The van der Waals surface area contributed by atoms with Crippen LogP contribution in [0.1, 0.15) is 31.2 Å². The molecule has 146 valence electrons. The number of carbonyl (C=O) groups excluding carboxylic acids is 2. The number of carbonyl (C=O) groups is 2. The van der Waals surface area contributed by atoms with Crippen LogP contribution >= 0.6 is 11.3 Å². The van der Waals surface area contributed by atoms with Crippen LogP contribution in [0, 0.1) is 13.8 Å². The van der Waals surface area contributed by atoms with Gasteiger partial charge in [-0.3, -0.25) is 20.4 Å². The highest BCUT2D eigenvalue weighted by atomic mass is 32.1. The number of ether oxygens (including phenoxy) is 2. The molecule has 8 heteroatoms. The standard InChI is InChI=1S/C20H21N3O4S/c1-12-13(2)28-20(23-9-5-6-10-23)17(12)19(25)22-21-18(24)14-7-8-15(26-3)16(11-14)27-4/h5-11H,1-4H3,(H,21,24)(H,22,25). The first-order valence-electron chi connectivity index (χ1n) is 8.52. The quantitative estimate of drug-likeness (QED) is 0.646. The van der Waals surface area contributed by atoms with Crippen LogP contribution in [-0.4, -0.2) is 30.6 Å². The van der Waals surface area contributed by atoms with Crippen molar-refractivity contribution >= 4 is 23.2 Å². The average molecular weight is 399 g/mol. The number of aromatic nitrogens is 1. The smallest absolute Gasteiger partial charge is 0.272 e. The Morgan fingerprint density at radius 1 is 0.964 bits per heavy atom. The zero-order valence-electron chi connectivity index (χ0n) is 16.0. The van der Waals surface area contributed by atoms with E-state index in [0.29, 0.717) is 22.6 Å². The predicted molar refractivity (Wildman–Crippen MR) is 108 cm³/mol. The van der Waals surface area contributed by atoms with Gasteiger partial charge in [-0.05, 0) is 49.7 Å². The number of amides is 2. The number of hydrogen-bond donors (Lipinski definition) is 2. The van der Waals surface area contributed by atoms with Gasteiger partial charge in [0.2, 0.25) is 0 Å². The molecule has 0 spiro atoms. The number of hydrazine groups is 1. The number of benzene rings is 1. The molecule has 2 aromatic heterocycles. The molecule has 28 heavy (non-hydrogen) atoms. The first-order valence-corrected chi connectivity index (χ1v) is 9.34. The summed E-state index contributed by atoms with van der Waals surface area (Å²) in [6.45, 7) is 3.86. The summed E-state index contributed by atoms with van der Waals surface area (Å²) < 4.78 is 12.3. The Morgan fingerprint density at radius 2 is 1.61 bits per heavy atom. The first kappa shape index (κ1) is 19.5. The molecule has 0 aliphatic carbocycles. The average Bonchev–Trinajstić information content (AvgIpc) is 3.34. The fourth-order valence-electron chi connectivity index (χ4n) is 2.75. The molecule has 0 aliphatic heterocycles. The number of hydrogen-bond acceptors (Lipinski definition) is 5. The highest BCUT2D eigenvalue weighted by molar-refractivity contribution is 7.15. The maximum Gasteiger partial charge on any atom is 0.272 e. The number of nitrogens with one attached hydrogen (secondary N) is 2. The van der Waals surface area contributed by atoms with Crippen LogP contribution in [-0.2, 0) is 0 Å². The Labute approximate surface area is 166 Å². The summed E-state index contributed by atoms with van der Waals surface area (Å²) in [5, 5.41) is 0.804. The molecule has 0 saturated heterocycles. The number of rotatable bonds is 5. The van der Waals surface area contributed by atoms with Gasteiger partial charge in [-0.25, -0.2) is 0 Å². The normalized spacial score (nSPS) is 10.4. The largest absolute Gasteiger partial charge is 0.493 e. The van der Waals surface area contributed by atoms with Crippen molar-refractivity contribution < 1.29 is 19.1 Å². The minimum atomic E-state index is -0.457. The van der Waals surface area contributed by atoms with Gasteiger partial charge in [-0.15, -0.1) is 11.3 Å². The van der Waals surface area contributed by atoms with Crippen molar-refractivity contribution in [2.24, 2.45) is 0 Å². The second kappa shape index (κ2) is 8.18. The SMILES string of the molecule is COc1ccc(C(=O)NNC(=O)c2c(-n3cccc3)sc(C)c2C)cc1OC. The Balaban J connectivity index is 1.77. The Bertz CT molecular complexity index is 1010. The topological polar surface area (TPSA) is 81.6 Å². The molecule has 3 rings (SSSR count). The van der Waals surface area contributed by atoms with Crippen LogP contribution in [0.15, 0.2) is 42.7 Å². The minimum absolute atomic E-state index is 0.335. The van der Waals surface area contributed by atoms with Crippen molar-refractivity contribution in [1.82, 2.24) is 15.4 Å². The van der Waals surface area contributed by atoms with Gasteiger partial charge >= 0.3 is 0 Å². The summed E-state index contributed by atoms with van der Waals surface area (Å²) in [4.78, 5) is 26.2. The molecule has 0 saturated carbocycles.